The van der Waals surface area contributed by atoms with Gasteiger partial charge in [-0.15, -0.1) is 0 Å². The first kappa shape index (κ1) is 13.6. The summed E-state index contributed by atoms with van der Waals surface area (Å²) in [4.78, 5) is 16.1. The Morgan fingerprint density at radius 2 is 2.14 bits per heavy atom. The van der Waals surface area contributed by atoms with Crippen molar-refractivity contribution in [3.8, 4) is 5.88 Å². The lowest BCUT2D eigenvalue weighted by Crippen LogP contribution is -2.26. The van der Waals surface area contributed by atoms with E-state index in [0.717, 1.165) is 12.8 Å². The number of amides is 1. The first-order chi connectivity index (χ1) is 10.3. The molecule has 0 radical (unpaired) electrons. The fraction of sp³-hybridized carbons (Fsp3) is 0.357. The number of ether oxygens (including phenoxy) is 2. The van der Waals surface area contributed by atoms with Crippen LogP contribution in [0.25, 0.3) is 0 Å². The largest absolute Gasteiger partial charge is 0.474 e. The molecule has 0 aromatic carbocycles. The molecule has 1 fully saturated rings. The van der Waals surface area contributed by atoms with Crippen LogP contribution in [0.1, 0.15) is 23.2 Å². The minimum Gasteiger partial charge on any atom is -0.474 e. The van der Waals surface area contributed by atoms with Gasteiger partial charge in [-0.3, -0.25) is 4.79 Å². The average Bonchev–Trinajstić information content (AvgIpc) is 3.02. The Kier molecular flexibility index (Phi) is 4.11. The molecule has 0 saturated carbocycles. The lowest BCUT2D eigenvalue weighted by Gasteiger charge is -2.22. The van der Waals surface area contributed by atoms with Crippen molar-refractivity contribution in [3.05, 3.63) is 36.2 Å². The van der Waals surface area contributed by atoms with E-state index in [1.165, 1.54) is 12.5 Å². The van der Waals surface area contributed by atoms with Crippen LogP contribution in [0.2, 0.25) is 0 Å². The molecule has 0 aliphatic carbocycles. The van der Waals surface area contributed by atoms with Gasteiger partial charge in [0, 0.05) is 31.2 Å². The molecule has 1 saturated heterocycles. The van der Waals surface area contributed by atoms with Gasteiger partial charge >= 0.3 is 0 Å². The van der Waals surface area contributed by atoms with Gasteiger partial charge in [0.2, 0.25) is 5.88 Å². The molecule has 1 N–H and O–H groups in total. The van der Waals surface area contributed by atoms with Crippen molar-refractivity contribution in [2.24, 2.45) is 0 Å². The molecule has 1 aliphatic rings. The van der Waals surface area contributed by atoms with E-state index >= 15 is 0 Å². The highest BCUT2D eigenvalue weighted by molar-refractivity contribution is 6.03. The molecule has 0 spiro atoms. The second-order valence-electron chi connectivity index (χ2n) is 4.65. The highest BCUT2D eigenvalue weighted by atomic mass is 16.5. The maximum absolute atomic E-state index is 11.9. The predicted molar refractivity (Wildman–Crippen MR) is 73.2 cm³/mol. The fourth-order valence-corrected chi connectivity index (χ4v) is 2.01. The molecule has 110 valence electrons. The standard InChI is InChI=1S/C14H15N3O4/c18-14(16-12-5-8-20-17-12)10-1-2-13(15-9-10)21-11-3-6-19-7-4-11/h1-2,5,8-9,11H,3-4,6-7H2,(H,16,17,18). The number of hydrogen-bond donors (Lipinski definition) is 1. The third kappa shape index (κ3) is 3.57. The summed E-state index contributed by atoms with van der Waals surface area (Å²) in [5, 5.41) is 6.21. The number of nitrogens with zero attached hydrogens (tertiary/aromatic N) is 2. The van der Waals surface area contributed by atoms with Gasteiger partial charge in [-0.2, -0.15) is 0 Å². The summed E-state index contributed by atoms with van der Waals surface area (Å²) in [6.07, 6.45) is 4.70. The molecule has 0 unspecified atom stereocenters. The molecule has 1 aliphatic heterocycles. The lowest BCUT2D eigenvalue weighted by atomic mass is 10.1. The molecule has 2 aromatic heterocycles. The topological polar surface area (TPSA) is 86.5 Å². The van der Waals surface area contributed by atoms with Crippen LogP contribution < -0.4 is 10.1 Å². The van der Waals surface area contributed by atoms with Gasteiger partial charge < -0.3 is 19.3 Å². The molecule has 0 atom stereocenters. The Morgan fingerprint density at radius 1 is 1.29 bits per heavy atom. The van der Waals surface area contributed by atoms with Crippen LogP contribution in [-0.2, 0) is 4.74 Å². The van der Waals surface area contributed by atoms with E-state index in [2.05, 4.69) is 20.0 Å². The summed E-state index contributed by atoms with van der Waals surface area (Å²) in [7, 11) is 0. The Hall–Kier alpha value is -2.41. The molecule has 21 heavy (non-hydrogen) atoms. The Bertz CT molecular complexity index is 577. The Balaban J connectivity index is 1.59. The number of carbonyl (C=O) groups is 1. The highest BCUT2D eigenvalue weighted by Crippen LogP contribution is 2.16. The van der Waals surface area contributed by atoms with E-state index in [-0.39, 0.29) is 12.0 Å². The van der Waals surface area contributed by atoms with Gasteiger partial charge in [0.1, 0.15) is 12.4 Å². The molecule has 0 bridgehead atoms. The summed E-state index contributed by atoms with van der Waals surface area (Å²) in [5.41, 5.74) is 0.428. The fourth-order valence-electron chi connectivity index (χ4n) is 2.01. The van der Waals surface area contributed by atoms with Crippen LogP contribution in [0.5, 0.6) is 5.88 Å². The summed E-state index contributed by atoms with van der Waals surface area (Å²) < 4.78 is 15.7. The van der Waals surface area contributed by atoms with E-state index in [1.807, 2.05) is 0 Å². The van der Waals surface area contributed by atoms with E-state index in [1.54, 1.807) is 18.2 Å². The number of rotatable bonds is 4. The summed E-state index contributed by atoms with van der Waals surface area (Å²) in [5.74, 6) is 0.580. The summed E-state index contributed by atoms with van der Waals surface area (Å²) in [6, 6.07) is 4.91. The van der Waals surface area contributed by atoms with Crippen molar-refractivity contribution in [2.75, 3.05) is 18.5 Å². The van der Waals surface area contributed by atoms with Crippen molar-refractivity contribution in [3.63, 3.8) is 0 Å². The van der Waals surface area contributed by atoms with Crippen LogP contribution in [0, 0.1) is 0 Å². The number of carbonyl (C=O) groups excluding carboxylic acids is 1. The quantitative estimate of drug-likeness (QED) is 0.924. The van der Waals surface area contributed by atoms with Crippen LogP contribution >= 0.6 is 0 Å². The zero-order valence-electron chi connectivity index (χ0n) is 11.3. The molecule has 7 heteroatoms. The van der Waals surface area contributed by atoms with Gasteiger partial charge in [-0.05, 0) is 6.07 Å². The first-order valence-corrected chi connectivity index (χ1v) is 6.73. The van der Waals surface area contributed by atoms with Gasteiger partial charge in [0.15, 0.2) is 5.82 Å². The second-order valence-corrected chi connectivity index (χ2v) is 4.65. The maximum Gasteiger partial charge on any atom is 0.258 e. The summed E-state index contributed by atoms with van der Waals surface area (Å²) in [6.45, 7) is 1.42. The monoisotopic (exact) mass is 289 g/mol. The predicted octanol–water partition coefficient (Wildman–Crippen LogP) is 1.88. The van der Waals surface area contributed by atoms with Crippen LogP contribution in [0.3, 0.4) is 0 Å². The van der Waals surface area contributed by atoms with Gasteiger partial charge in [-0.1, -0.05) is 5.16 Å². The smallest absolute Gasteiger partial charge is 0.258 e. The van der Waals surface area contributed by atoms with E-state index in [4.69, 9.17) is 9.47 Å². The number of aromatic nitrogens is 2. The zero-order valence-corrected chi connectivity index (χ0v) is 11.3. The normalized spacial score (nSPS) is 15.6. The highest BCUT2D eigenvalue weighted by Gasteiger charge is 2.16. The number of pyridine rings is 1. The summed E-state index contributed by atoms with van der Waals surface area (Å²) >= 11 is 0. The second kappa shape index (κ2) is 6.36. The molecule has 1 amide bonds. The lowest BCUT2D eigenvalue weighted by molar-refractivity contribution is 0.0237. The zero-order chi connectivity index (χ0) is 14.5. The molecular formula is C14H15N3O4. The SMILES string of the molecule is O=C(Nc1ccon1)c1ccc(OC2CCOCC2)nc1. The van der Waals surface area contributed by atoms with Crippen molar-refractivity contribution >= 4 is 11.7 Å². The Labute approximate surface area is 121 Å². The van der Waals surface area contributed by atoms with Crippen molar-refractivity contribution in [1.29, 1.82) is 0 Å². The minimum atomic E-state index is -0.297. The van der Waals surface area contributed by atoms with E-state index in [9.17, 15) is 4.79 Å². The number of anilines is 1. The van der Waals surface area contributed by atoms with Crippen molar-refractivity contribution in [2.45, 2.75) is 18.9 Å². The average molecular weight is 289 g/mol. The van der Waals surface area contributed by atoms with Crippen LogP contribution in [0.15, 0.2) is 35.2 Å². The first-order valence-electron chi connectivity index (χ1n) is 6.73. The third-order valence-electron chi connectivity index (χ3n) is 3.13. The molecule has 7 nitrogen and oxygen atoms in total. The molecule has 2 aromatic rings. The minimum absolute atomic E-state index is 0.126. The maximum atomic E-state index is 11.9. The molecular weight excluding hydrogens is 274 g/mol. The van der Waals surface area contributed by atoms with Gasteiger partial charge in [0.25, 0.3) is 5.91 Å². The number of hydrogen-bond acceptors (Lipinski definition) is 6. The van der Waals surface area contributed by atoms with Crippen LogP contribution in [-0.4, -0.2) is 35.4 Å². The third-order valence-corrected chi connectivity index (χ3v) is 3.13. The van der Waals surface area contributed by atoms with E-state index in [0.29, 0.717) is 30.5 Å². The van der Waals surface area contributed by atoms with Gasteiger partial charge in [0.05, 0.1) is 18.8 Å². The van der Waals surface area contributed by atoms with Crippen molar-refractivity contribution in [1.82, 2.24) is 10.1 Å². The Morgan fingerprint density at radius 3 is 2.81 bits per heavy atom. The van der Waals surface area contributed by atoms with Crippen molar-refractivity contribution < 1.29 is 18.8 Å². The molecule has 3 heterocycles. The van der Waals surface area contributed by atoms with E-state index < -0.39 is 0 Å². The van der Waals surface area contributed by atoms with Gasteiger partial charge in [-0.25, -0.2) is 4.98 Å². The molecule has 3 rings (SSSR count). The number of nitrogens with one attached hydrogen (secondary N) is 1. The van der Waals surface area contributed by atoms with Crippen LogP contribution in [0.4, 0.5) is 5.82 Å².